The van der Waals surface area contributed by atoms with Crippen molar-refractivity contribution in [2.45, 2.75) is 117 Å². The molecule has 0 aromatic rings. The monoisotopic (exact) mass is 397 g/mol. The summed E-state index contributed by atoms with van der Waals surface area (Å²) in [5, 5.41) is 0. The summed E-state index contributed by atoms with van der Waals surface area (Å²) in [7, 11) is -1.29. The molecule has 0 bridgehead atoms. The van der Waals surface area contributed by atoms with E-state index in [9.17, 15) is 0 Å². The van der Waals surface area contributed by atoms with Gasteiger partial charge in [0.25, 0.3) is 0 Å². The highest BCUT2D eigenvalue weighted by Gasteiger charge is 2.34. The zero-order valence-electron chi connectivity index (χ0n) is 20.0. The lowest BCUT2D eigenvalue weighted by Gasteiger charge is -2.41. The summed E-state index contributed by atoms with van der Waals surface area (Å²) in [6.45, 7) is 25.4. The van der Waals surface area contributed by atoms with Crippen molar-refractivity contribution in [3.05, 3.63) is 6.92 Å². The maximum atomic E-state index is 4.40. The Hall–Kier alpha value is 0.137. The average molecular weight is 398 g/mol. The Kier molecular flexibility index (Phi) is 17.1. The Labute approximate surface area is 174 Å². The van der Waals surface area contributed by atoms with Crippen LogP contribution in [-0.4, -0.2) is 56.3 Å². The highest BCUT2D eigenvalue weighted by molar-refractivity contribution is 6.78. The van der Waals surface area contributed by atoms with Crippen LogP contribution < -0.4 is 0 Å². The number of nitrogens with zero attached hydrogens (tertiary/aromatic N) is 2. The molecule has 0 aliphatic carbocycles. The summed E-state index contributed by atoms with van der Waals surface area (Å²) in [6, 6.07) is 1.46. The molecule has 1 radical (unpaired) electrons. The number of hydrogen-bond donors (Lipinski definition) is 0. The number of unbranched alkanes of at least 4 members (excludes halogenated alkanes) is 4. The quantitative estimate of drug-likeness (QED) is 0.216. The molecule has 0 N–H and O–H groups in total. The van der Waals surface area contributed by atoms with E-state index in [0.29, 0.717) is 0 Å². The van der Waals surface area contributed by atoms with Crippen LogP contribution in [0.25, 0.3) is 0 Å². The Morgan fingerprint density at radius 1 is 0.667 bits per heavy atom. The van der Waals surface area contributed by atoms with Crippen LogP contribution in [0.1, 0.15) is 91.9 Å². The Bertz CT molecular complexity index is 304. The average Bonchev–Trinajstić information content (AvgIpc) is 2.65. The molecule has 163 valence electrons. The fourth-order valence-electron chi connectivity index (χ4n) is 4.24. The second kappa shape index (κ2) is 17.0. The lowest BCUT2D eigenvalue weighted by molar-refractivity contribution is 0.233. The Morgan fingerprint density at radius 3 is 1.48 bits per heavy atom. The maximum Gasteiger partial charge on any atom is 0.0669 e. The fourth-order valence-corrected chi connectivity index (χ4v) is 7.67. The molecule has 2 nitrogen and oxygen atoms in total. The van der Waals surface area contributed by atoms with Gasteiger partial charge in [-0.1, -0.05) is 79.4 Å². The largest absolute Gasteiger partial charge is 0.303 e. The van der Waals surface area contributed by atoms with E-state index in [1.54, 1.807) is 0 Å². The van der Waals surface area contributed by atoms with Crippen LogP contribution in [-0.2, 0) is 0 Å². The van der Waals surface area contributed by atoms with Gasteiger partial charge in [0.05, 0.1) is 8.07 Å². The molecule has 1 atom stereocenters. The van der Waals surface area contributed by atoms with E-state index in [1.807, 2.05) is 0 Å². The van der Waals surface area contributed by atoms with Crippen LogP contribution >= 0.6 is 0 Å². The molecule has 0 amide bonds. The lowest BCUT2D eigenvalue weighted by atomic mass is 10.2. The van der Waals surface area contributed by atoms with Gasteiger partial charge in [-0.15, -0.1) is 0 Å². The van der Waals surface area contributed by atoms with Crippen molar-refractivity contribution in [2.24, 2.45) is 0 Å². The van der Waals surface area contributed by atoms with Crippen LogP contribution in [0.2, 0.25) is 19.1 Å². The van der Waals surface area contributed by atoms with E-state index in [1.165, 1.54) is 96.6 Å². The van der Waals surface area contributed by atoms with Crippen molar-refractivity contribution in [3.63, 3.8) is 0 Å². The highest BCUT2D eigenvalue weighted by atomic mass is 28.3. The van der Waals surface area contributed by atoms with E-state index < -0.39 is 8.07 Å². The number of rotatable bonds is 19. The molecule has 3 heteroatoms. The van der Waals surface area contributed by atoms with E-state index in [0.717, 1.165) is 12.1 Å². The van der Waals surface area contributed by atoms with E-state index >= 15 is 0 Å². The second-order valence-corrected chi connectivity index (χ2v) is 14.3. The smallest absolute Gasteiger partial charge is 0.0669 e. The molecule has 0 saturated heterocycles. The SMILES string of the molecule is [CH2]CC(N(CCCC)CCCC)[Si](C)(C)CCCN(CCCC)CCCC. The zero-order chi connectivity index (χ0) is 20.5. The van der Waals surface area contributed by atoms with E-state index in [-0.39, 0.29) is 0 Å². The summed E-state index contributed by atoms with van der Waals surface area (Å²) < 4.78 is 0. The summed E-state index contributed by atoms with van der Waals surface area (Å²) in [6.07, 6.45) is 13.1. The van der Waals surface area contributed by atoms with Crippen molar-refractivity contribution >= 4 is 8.07 Å². The first-order valence-corrected chi connectivity index (χ1v) is 15.5. The lowest BCUT2D eigenvalue weighted by Crippen LogP contribution is -2.53. The van der Waals surface area contributed by atoms with Gasteiger partial charge >= 0.3 is 0 Å². The first kappa shape index (κ1) is 27.1. The first-order chi connectivity index (χ1) is 13.0. The van der Waals surface area contributed by atoms with E-state index in [2.05, 4.69) is 57.5 Å². The summed E-state index contributed by atoms with van der Waals surface area (Å²) in [5.74, 6) is 0. The van der Waals surface area contributed by atoms with Crippen LogP contribution in [0.3, 0.4) is 0 Å². The molecule has 0 saturated carbocycles. The zero-order valence-corrected chi connectivity index (χ0v) is 21.0. The molecule has 0 spiro atoms. The highest BCUT2D eigenvalue weighted by Crippen LogP contribution is 2.25. The minimum absolute atomic E-state index is 0.760. The molecule has 0 fully saturated rings. The van der Waals surface area contributed by atoms with Gasteiger partial charge < -0.3 is 9.80 Å². The normalized spacial score (nSPS) is 13.7. The molecule has 0 aromatic heterocycles. The molecule has 0 heterocycles. The summed E-state index contributed by atoms with van der Waals surface area (Å²) in [5.41, 5.74) is 0.760. The molecule has 0 aliphatic rings. The van der Waals surface area contributed by atoms with Gasteiger partial charge in [-0.05, 0) is 71.2 Å². The minimum Gasteiger partial charge on any atom is -0.303 e. The van der Waals surface area contributed by atoms with Crippen LogP contribution in [0.4, 0.5) is 0 Å². The predicted octanol–water partition coefficient (Wildman–Crippen LogP) is 7.02. The van der Waals surface area contributed by atoms with E-state index in [4.69, 9.17) is 0 Å². The van der Waals surface area contributed by atoms with Crippen LogP contribution in [0.5, 0.6) is 0 Å². The Morgan fingerprint density at radius 2 is 1.07 bits per heavy atom. The van der Waals surface area contributed by atoms with Gasteiger partial charge in [-0.25, -0.2) is 0 Å². The van der Waals surface area contributed by atoms with Crippen molar-refractivity contribution < 1.29 is 0 Å². The van der Waals surface area contributed by atoms with Crippen molar-refractivity contribution in [2.75, 3.05) is 32.7 Å². The summed E-state index contributed by atoms with van der Waals surface area (Å²) in [4.78, 5) is 5.57. The molecule has 0 aromatic carbocycles. The van der Waals surface area contributed by atoms with Crippen molar-refractivity contribution in [1.29, 1.82) is 0 Å². The van der Waals surface area contributed by atoms with Gasteiger partial charge in [-0.3, -0.25) is 0 Å². The van der Waals surface area contributed by atoms with Gasteiger partial charge in [0.1, 0.15) is 0 Å². The van der Waals surface area contributed by atoms with Gasteiger partial charge in [0.15, 0.2) is 0 Å². The molecule has 1 unspecified atom stereocenters. The van der Waals surface area contributed by atoms with Gasteiger partial charge in [0.2, 0.25) is 0 Å². The van der Waals surface area contributed by atoms with Crippen molar-refractivity contribution in [3.8, 4) is 0 Å². The molecule has 0 aliphatic heterocycles. The summed E-state index contributed by atoms with van der Waals surface area (Å²) >= 11 is 0. The third-order valence-corrected chi connectivity index (χ3v) is 10.3. The maximum absolute atomic E-state index is 4.40. The predicted molar refractivity (Wildman–Crippen MR) is 128 cm³/mol. The molecule has 27 heavy (non-hydrogen) atoms. The number of hydrogen-bond acceptors (Lipinski definition) is 2. The molecular weight excluding hydrogens is 344 g/mol. The second-order valence-electron chi connectivity index (χ2n) is 9.19. The third kappa shape index (κ3) is 12.3. The topological polar surface area (TPSA) is 6.48 Å². The van der Waals surface area contributed by atoms with Gasteiger partial charge in [0, 0.05) is 5.67 Å². The van der Waals surface area contributed by atoms with Crippen molar-refractivity contribution in [1.82, 2.24) is 9.80 Å². The fraction of sp³-hybridized carbons (Fsp3) is 0.958. The van der Waals surface area contributed by atoms with Gasteiger partial charge in [-0.2, -0.15) is 0 Å². The first-order valence-electron chi connectivity index (χ1n) is 12.2. The minimum atomic E-state index is -1.29. The van der Waals surface area contributed by atoms with Crippen LogP contribution in [0.15, 0.2) is 0 Å². The third-order valence-electron chi connectivity index (χ3n) is 6.17. The Balaban J connectivity index is 4.72. The molecular formula is C24H53N2Si. The molecule has 0 rings (SSSR count). The van der Waals surface area contributed by atoms with Crippen LogP contribution in [0, 0.1) is 6.92 Å². The standard InChI is InChI=1S/C24H53N2Si/c1-8-13-18-25(19-14-9-2)20-17-23-27(6,7)24(12-5)26(21-15-10-3)22-16-11-4/h24H,5,8-23H2,1-4,6-7H3.